The number of hydrogen-bond donors (Lipinski definition) is 1. The van der Waals surface area contributed by atoms with E-state index in [-0.39, 0.29) is 0 Å². The fourth-order valence-electron chi connectivity index (χ4n) is 1.83. The van der Waals surface area contributed by atoms with E-state index >= 15 is 0 Å². The van der Waals surface area contributed by atoms with Crippen LogP contribution in [0, 0.1) is 0 Å². The van der Waals surface area contributed by atoms with Gasteiger partial charge in [0.25, 0.3) is 0 Å². The molecular weight excluding hydrogens is 204 g/mol. The van der Waals surface area contributed by atoms with Gasteiger partial charge in [-0.2, -0.15) is 0 Å². The Hall–Kier alpha value is -1.39. The van der Waals surface area contributed by atoms with Crippen LogP contribution < -0.4 is 0 Å². The molecule has 2 rings (SSSR count). The number of aliphatic hydroxyl groups is 1. The average molecular weight is 220 g/mol. The van der Waals surface area contributed by atoms with Gasteiger partial charge in [0.1, 0.15) is 0 Å². The number of rotatable bonds is 3. The highest BCUT2D eigenvalue weighted by Gasteiger charge is 2.30. The normalized spacial score (nSPS) is 14.2. The Morgan fingerprint density at radius 1 is 1.38 bits per heavy atom. The van der Waals surface area contributed by atoms with Gasteiger partial charge in [0.15, 0.2) is 6.29 Å². The molecule has 0 aliphatic heterocycles. The predicted octanol–water partition coefficient (Wildman–Crippen LogP) is 1.74. The first-order valence-electron chi connectivity index (χ1n) is 5.21. The number of methoxy groups -OCH3 is 1. The van der Waals surface area contributed by atoms with E-state index in [0.29, 0.717) is 0 Å². The van der Waals surface area contributed by atoms with Crippen LogP contribution in [-0.4, -0.2) is 28.1 Å². The van der Waals surface area contributed by atoms with Crippen molar-refractivity contribution in [3.63, 3.8) is 0 Å². The number of aromatic nitrogens is 2. The number of benzene rings is 1. The molecule has 0 bridgehead atoms. The SMILES string of the molecule is COC(O)C(C)(C)n1cnc2ccccc21. The van der Waals surface area contributed by atoms with E-state index in [0.717, 1.165) is 11.0 Å². The molecule has 16 heavy (non-hydrogen) atoms. The summed E-state index contributed by atoms with van der Waals surface area (Å²) in [6, 6.07) is 7.82. The topological polar surface area (TPSA) is 47.3 Å². The van der Waals surface area contributed by atoms with E-state index in [4.69, 9.17) is 4.74 Å². The van der Waals surface area contributed by atoms with Gasteiger partial charge >= 0.3 is 0 Å². The van der Waals surface area contributed by atoms with E-state index in [9.17, 15) is 5.11 Å². The summed E-state index contributed by atoms with van der Waals surface area (Å²) < 4.78 is 6.92. The first-order chi connectivity index (χ1) is 7.57. The molecule has 86 valence electrons. The van der Waals surface area contributed by atoms with E-state index in [1.807, 2.05) is 42.7 Å². The third kappa shape index (κ3) is 1.60. The van der Waals surface area contributed by atoms with Crippen LogP contribution in [0.2, 0.25) is 0 Å². The largest absolute Gasteiger partial charge is 0.366 e. The van der Waals surface area contributed by atoms with E-state index in [2.05, 4.69) is 4.98 Å². The molecule has 1 aromatic carbocycles. The van der Waals surface area contributed by atoms with Crippen LogP contribution >= 0.6 is 0 Å². The molecule has 1 atom stereocenters. The molecule has 4 heteroatoms. The molecule has 0 saturated carbocycles. The molecule has 1 heterocycles. The number of imidazole rings is 1. The Labute approximate surface area is 94.5 Å². The van der Waals surface area contributed by atoms with Crippen molar-refractivity contribution in [2.75, 3.05) is 7.11 Å². The fraction of sp³-hybridized carbons (Fsp3) is 0.417. The molecule has 4 nitrogen and oxygen atoms in total. The van der Waals surface area contributed by atoms with Crippen molar-refractivity contribution in [2.24, 2.45) is 0 Å². The zero-order valence-corrected chi connectivity index (χ0v) is 9.71. The Kier molecular flexibility index (Phi) is 2.69. The van der Waals surface area contributed by atoms with Crippen LogP contribution in [0.3, 0.4) is 0 Å². The number of hydrogen-bond acceptors (Lipinski definition) is 3. The van der Waals surface area contributed by atoms with Gasteiger partial charge in [0, 0.05) is 7.11 Å². The van der Waals surface area contributed by atoms with E-state index in [1.54, 1.807) is 6.33 Å². The Balaban J connectivity index is 2.55. The van der Waals surface area contributed by atoms with Crippen molar-refractivity contribution in [1.29, 1.82) is 0 Å². The summed E-state index contributed by atoms with van der Waals surface area (Å²) in [5, 5.41) is 9.85. The number of para-hydroxylation sites is 2. The Bertz CT molecular complexity index is 490. The first-order valence-corrected chi connectivity index (χ1v) is 5.21. The molecule has 0 amide bonds. The molecule has 0 radical (unpaired) electrons. The predicted molar refractivity (Wildman–Crippen MR) is 62.1 cm³/mol. The number of ether oxygens (including phenoxy) is 1. The molecule has 2 aromatic rings. The summed E-state index contributed by atoms with van der Waals surface area (Å²) >= 11 is 0. The minimum Gasteiger partial charge on any atom is -0.366 e. The summed E-state index contributed by atoms with van der Waals surface area (Å²) in [6.07, 6.45) is 0.859. The maximum atomic E-state index is 9.85. The van der Waals surface area contributed by atoms with Gasteiger partial charge in [0.2, 0.25) is 0 Å². The Morgan fingerprint density at radius 2 is 2.06 bits per heavy atom. The van der Waals surface area contributed by atoms with Gasteiger partial charge in [-0.05, 0) is 26.0 Å². The maximum absolute atomic E-state index is 9.85. The van der Waals surface area contributed by atoms with Crippen LogP contribution in [0.5, 0.6) is 0 Å². The molecular formula is C12H16N2O2. The molecule has 0 aliphatic carbocycles. The highest BCUT2D eigenvalue weighted by molar-refractivity contribution is 5.75. The lowest BCUT2D eigenvalue weighted by Gasteiger charge is -2.31. The second-order valence-electron chi connectivity index (χ2n) is 4.35. The van der Waals surface area contributed by atoms with E-state index < -0.39 is 11.8 Å². The highest BCUT2D eigenvalue weighted by atomic mass is 16.6. The van der Waals surface area contributed by atoms with Crippen molar-refractivity contribution in [2.45, 2.75) is 25.7 Å². The van der Waals surface area contributed by atoms with Crippen LogP contribution in [-0.2, 0) is 10.3 Å². The minimum atomic E-state index is -0.870. The molecule has 1 unspecified atom stereocenters. The quantitative estimate of drug-likeness (QED) is 0.801. The first kappa shape index (κ1) is 11.1. The molecule has 1 N–H and O–H groups in total. The highest BCUT2D eigenvalue weighted by Crippen LogP contribution is 2.25. The average Bonchev–Trinajstić information content (AvgIpc) is 2.72. The van der Waals surface area contributed by atoms with Crippen molar-refractivity contribution in [3.05, 3.63) is 30.6 Å². The summed E-state index contributed by atoms with van der Waals surface area (Å²) in [7, 11) is 1.49. The lowest BCUT2D eigenvalue weighted by molar-refractivity contribution is -0.137. The Morgan fingerprint density at radius 3 is 2.75 bits per heavy atom. The molecule has 1 aromatic heterocycles. The smallest absolute Gasteiger partial charge is 0.177 e. The minimum absolute atomic E-state index is 0.551. The van der Waals surface area contributed by atoms with Crippen LogP contribution in [0.1, 0.15) is 13.8 Å². The summed E-state index contributed by atoms with van der Waals surface area (Å²) in [4.78, 5) is 4.30. The fourth-order valence-corrected chi connectivity index (χ4v) is 1.83. The van der Waals surface area contributed by atoms with Crippen molar-refractivity contribution < 1.29 is 9.84 Å². The summed E-state index contributed by atoms with van der Waals surface area (Å²) in [6.45, 7) is 3.82. The third-order valence-electron chi connectivity index (χ3n) is 2.90. The number of aliphatic hydroxyl groups excluding tert-OH is 1. The molecule has 0 aliphatic rings. The van der Waals surface area contributed by atoms with E-state index in [1.165, 1.54) is 7.11 Å². The monoisotopic (exact) mass is 220 g/mol. The second-order valence-corrected chi connectivity index (χ2v) is 4.35. The van der Waals surface area contributed by atoms with Crippen LogP contribution in [0.15, 0.2) is 30.6 Å². The lowest BCUT2D eigenvalue weighted by Crippen LogP contribution is -2.40. The number of fused-ring (bicyclic) bond motifs is 1. The summed E-state index contributed by atoms with van der Waals surface area (Å²) in [5.74, 6) is 0. The van der Waals surface area contributed by atoms with Gasteiger partial charge in [-0.25, -0.2) is 4.98 Å². The zero-order chi connectivity index (χ0) is 11.8. The van der Waals surface area contributed by atoms with Gasteiger partial charge in [-0.3, -0.25) is 0 Å². The van der Waals surface area contributed by atoms with Gasteiger partial charge in [0.05, 0.1) is 22.9 Å². The van der Waals surface area contributed by atoms with Crippen molar-refractivity contribution in [3.8, 4) is 0 Å². The number of nitrogens with zero attached hydrogens (tertiary/aromatic N) is 2. The van der Waals surface area contributed by atoms with Crippen molar-refractivity contribution in [1.82, 2.24) is 9.55 Å². The van der Waals surface area contributed by atoms with Gasteiger partial charge in [-0.15, -0.1) is 0 Å². The van der Waals surface area contributed by atoms with Gasteiger partial charge in [-0.1, -0.05) is 12.1 Å². The lowest BCUT2D eigenvalue weighted by atomic mass is 10.0. The molecule has 0 spiro atoms. The van der Waals surface area contributed by atoms with Crippen molar-refractivity contribution >= 4 is 11.0 Å². The summed E-state index contributed by atoms with van der Waals surface area (Å²) in [5.41, 5.74) is 1.35. The van der Waals surface area contributed by atoms with Crippen LogP contribution in [0.25, 0.3) is 11.0 Å². The van der Waals surface area contributed by atoms with Crippen LogP contribution in [0.4, 0.5) is 0 Å². The standard InChI is InChI=1S/C12H16N2O2/c1-12(2,11(15)16-3)14-8-13-9-6-4-5-7-10(9)14/h4-8,11,15H,1-3H3. The molecule has 0 fully saturated rings. The second kappa shape index (κ2) is 3.88. The third-order valence-corrected chi connectivity index (χ3v) is 2.90. The molecule has 0 saturated heterocycles. The van der Waals surface area contributed by atoms with Gasteiger partial charge < -0.3 is 14.4 Å². The maximum Gasteiger partial charge on any atom is 0.177 e. The zero-order valence-electron chi connectivity index (χ0n) is 9.71.